The van der Waals surface area contributed by atoms with E-state index in [0.717, 1.165) is 10.5 Å². The maximum absolute atomic E-state index is 14.4. The van der Waals surface area contributed by atoms with Gasteiger partial charge in [-0.2, -0.15) is 0 Å². The van der Waals surface area contributed by atoms with Gasteiger partial charge in [-0.1, -0.05) is 58.0 Å². The quantitative estimate of drug-likeness (QED) is 0.160. The van der Waals surface area contributed by atoms with Crippen LogP contribution >= 0.6 is 7.37 Å². The number of nitrogens with zero attached hydrogens (tertiary/aromatic N) is 2. The number of imide groups is 1. The third-order valence-corrected chi connectivity index (χ3v) is 11.2. The van der Waals surface area contributed by atoms with Crippen LogP contribution in [0.15, 0.2) is 30.3 Å². The molecule has 0 aliphatic carbocycles. The average Bonchev–Trinajstić information content (AvgIpc) is 3.56. The fourth-order valence-corrected chi connectivity index (χ4v) is 8.87. The number of benzene rings is 1. The minimum absolute atomic E-state index is 0.00970. The number of amides is 6. The van der Waals surface area contributed by atoms with Crippen molar-refractivity contribution in [2.24, 2.45) is 17.8 Å². The van der Waals surface area contributed by atoms with Gasteiger partial charge in [0.05, 0.1) is 6.61 Å². The number of hydrogen-bond donors (Lipinski definition) is 3. The van der Waals surface area contributed by atoms with Crippen LogP contribution in [-0.2, 0) is 44.4 Å². The molecule has 0 spiro atoms. The minimum atomic E-state index is -3.83. The summed E-state index contributed by atoms with van der Waals surface area (Å²) in [7, 11) is -2.34. The van der Waals surface area contributed by atoms with Gasteiger partial charge in [-0.05, 0) is 56.4 Å². The van der Waals surface area contributed by atoms with E-state index < -0.39 is 67.4 Å². The third kappa shape index (κ3) is 11.7. The lowest BCUT2D eigenvalue weighted by molar-refractivity contribution is -0.150. The standard InChI is InChI=1S/C35H54N5O9P/c1-7-49-50(47,21-26(18-23(2)3)31(42)38-28(19-24(4)5)32(43)36-6)22-40-30(41)16-15-27(34(40)45)37-33(44)29-14-11-17-39(29)35(46)48-20-25-12-9-8-10-13-25/h8-10,12-13,23-24,26-29H,7,11,14-22H2,1-6H3,(H,36,43)(H,37,44)(H,38,42)/t26?,27-,28-,29-,50?/m0/s1. The van der Waals surface area contributed by atoms with Crippen LogP contribution in [0.5, 0.6) is 0 Å². The fourth-order valence-electron chi connectivity index (χ4n) is 6.39. The lowest BCUT2D eigenvalue weighted by Gasteiger charge is -2.35. The van der Waals surface area contributed by atoms with Crippen molar-refractivity contribution in [3.8, 4) is 0 Å². The Morgan fingerprint density at radius 1 is 0.980 bits per heavy atom. The Labute approximate surface area is 295 Å². The van der Waals surface area contributed by atoms with Gasteiger partial charge in [0.1, 0.15) is 31.0 Å². The topological polar surface area (TPSA) is 181 Å². The molecule has 1 aromatic carbocycles. The van der Waals surface area contributed by atoms with Crippen LogP contribution in [-0.4, -0.2) is 96.2 Å². The van der Waals surface area contributed by atoms with Crippen LogP contribution < -0.4 is 16.0 Å². The Kier molecular flexibility index (Phi) is 15.5. The SMILES string of the molecule is CCOP(=O)(CC(CC(C)C)C(=O)N[C@@H](CC(C)C)C(=O)NC)CN1C(=O)CC[C@H](NC(=O)[C@@H]2CCCN2C(=O)OCc2ccccc2)C1=O. The monoisotopic (exact) mass is 719 g/mol. The van der Waals surface area contributed by atoms with Gasteiger partial charge in [0.15, 0.2) is 0 Å². The average molecular weight is 720 g/mol. The molecule has 0 saturated carbocycles. The second-order valence-electron chi connectivity index (χ2n) is 13.8. The molecule has 2 aliphatic heterocycles. The van der Waals surface area contributed by atoms with Crippen LogP contribution in [0.3, 0.4) is 0 Å². The third-order valence-electron chi connectivity index (χ3n) is 8.76. The van der Waals surface area contributed by atoms with E-state index in [-0.39, 0.29) is 50.0 Å². The van der Waals surface area contributed by atoms with Crippen LogP contribution in [0.1, 0.15) is 78.7 Å². The van der Waals surface area contributed by atoms with Crippen molar-refractivity contribution in [1.82, 2.24) is 25.8 Å². The lowest BCUT2D eigenvalue weighted by atomic mass is 9.96. The van der Waals surface area contributed by atoms with Crippen molar-refractivity contribution in [3.05, 3.63) is 35.9 Å². The summed E-state index contributed by atoms with van der Waals surface area (Å²) in [4.78, 5) is 81.4. The van der Waals surface area contributed by atoms with E-state index in [9.17, 15) is 33.3 Å². The molecule has 0 bridgehead atoms. The zero-order valence-corrected chi connectivity index (χ0v) is 31.0. The second kappa shape index (κ2) is 19.0. The predicted molar refractivity (Wildman–Crippen MR) is 187 cm³/mol. The molecule has 1 aromatic rings. The van der Waals surface area contributed by atoms with E-state index in [1.807, 2.05) is 58.0 Å². The molecule has 50 heavy (non-hydrogen) atoms. The largest absolute Gasteiger partial charge is 0.445 e. The number of ether oxygens (including phenoxy) is 1. The maximum Gasteiger partial charge on any atom is 0.410 e. The summed E-state index contributed by atoms with van der Waals surface area (Å²) < 4.78 is 25.5. The van der Waals surface area contributed by atoms with Crippen LogP contribution in [0.25, 0.3) is 0 Å². The summed E-state index contributed by atoms with van der Waals surface area (Å²) in [6.07, 6.45) is 0.203. The Morgan fingerprint density at radius 3 is 2.28 bits per heavy atom. The zero-order chi connectivity index (χ0) is 37.0. The molecule has 14 nitrogen and oxygen atoms in total. The molecule has 5 atom stereocenters. The molecule has 2 heterocycles. The number of likely N-dealkylation sites (N-methyl/N-ethyl adjacent to an activating group) is 1. The van der Waals surface area contributed by atoms with Crippen LogP contribution in [0.2, 0.25) is 0 Å². The summed E-state index contributed by atoms with van der Waals surface area (Å²) >= 11 is 0. The van der Waals surface area contributed by atoms with E-state index in [4.69, 9.17) is 9.26 Å². The fraction of sp³-hybridized carbons (Fsp3) is 0.657. The first kappa shape index (κ1) is 40.7. The first-order valence-electron chi connectivity index (χ1n) is 17.5. The van der Waals surface area contributed by atoms with Crippen molar-refractivity contribution in [1.29, 1.82) is 0 Å². The number of piperidine rings is 1. The van der Waals surface area contributed by atoms with Gasteiger partial charge in [-0.3, -0.25) is 38.3 Å². The van der Waals surface area contributed by atoms with Crippen molar-refractivity contribution in [2.75, 3.05) is 32.6 Å². The Bertz CT molecular complexity index is 1410. The van der Waals surface area contributed by atoms with E-state index in [1.165, 1.54) is 11.9 Å². The minimum Gasteiger partial charge on any atom is -0.445 e. The smallest absolute Gasteiger partial charge is 0.410 e. The number of nitrogens with one attached hydrogen (secondary N) is 3. The Morgan fingerprint density at radius 2 is 1.66 bits per heavy atom. The van der Waals surface area contributed by atoms with Gasteiger partial charge in [0.25, 0.3) is 5.91 Å². The molecular weight excluding hydrogens is 665 g/mol. The van der Waals surface area contributed by atoms with Crippen molar-refractivity contribution in [2.45, 2.75) is 97.9 Å². The second-order valence-corrected chi connectivity index (χ2v) is 16.4. The molecule has 0 aromatic heterocycles. The highest BCUT2D eigenvalue weighted by atomic mass is 31.2. The molecule has 2 aliphatic rings. The lowest BCUT2D eigenvalue weighted by Crippen LogP contribution is -2.57. The molecule has 6 amide bonds. The molecule has 2 saturated heterocycles. The highest BCUT2D eigenvalue weighted by Crippen LogP contribution is 2.50. The van der Waals surface area contributed by atoms with Crippen molar-refractivity contribution >= 4 is 43.0 Å². The van der Waals surface area contributed by atoms with E-state index >= 15 is 0 Å². The van der Waals surface area contributed by atoms with Gasteiger partial charge in [-0.25, -0.2) is 4.79 Å². The zero-order valence-electron chi connectivity index (χ0n) is 30.1. The molecule has 15 heteroatoms. The van der Waals surface area contributed by atoms with Crippen LogP contribution in [0, 0.1) is 17.8 Å². The molecule has 2 fully saturated rings. The van der Waals surface area contributed by atoms with Crippen LogP contribution in [0.4, 0.5) is 4.79 Å². The van der Waals surface area contributed by atoms with Gasteiger partial charge < -0.3 is 25.2 Å². The van der Waals surface area contributed by atoms with Gasteiger partial charge in [-0.15, -0.1) is 0 Å². The van der Waals surface area contributed by atoms with Gasteiger partial charge in [0.2, 0.25) is 31.0 Å². The summed E-state index contributed by atoms with van der Waals surface area (Å²) in [6, 6.07) is 6.44. The summed E-state index contributed by atoms with van der Waals surface area (Å²) in [5.41, 5.74) is 0.804. The van der Waals surface area contributed by atoms with E-state index in [1.54, 1.807) is 6.92 Å². The maximum atomic E-state index is 14.4. The Hall–Kier alpha value is -3.77. The molecule has 3 rings (SSSR count). The highest BCUT2D eigenvalue weighted by molar-refractivity contribution is 7.59. The number of carbonyl (C=O) groups is 6. The normalized spacial score (nSPS) is 20.3. The first-order valence-corrected chi connectivity index (χ1v) is 19.5. The summed E-state index contributed by atoms with van der Waals surface area (Å²) in [6.45, 7) is 9.71. The molecule has 278 valence electrons. The van der Waals surface area contributed by atoms with Gasteiger partial charge >= 0.3 is 6.09 Å². The first-order chi connectivity index (χ1) is 23.7. The summed E-state index contributed by atoms with van der Waals surface area (Å²) in [5.74, 6) is -3.32. The Balaban J connectivity index is 1.71. The molecule has 0 radical (unpaired) electrons. The van der Waals surface area contributed by atoms with Gasteiger partial charge in [0, 0.05) is 32.1 Å². The highest BCUT2D eigenvalue weighted by Gasteiger charge is 2.43. The van der Waals surface area contributed by atoms with E-state index in [0.29, 0.717) is 32.2 Å². The van der Waals surface area contributed by atoms with Crippen molar-refractivity contribution in [3.63, 3.8) is 0 Å². The molecule has 3 N–H and O–H groups in total. The number of hydrogen-bond acceptors (Lipinski definition) is 9. The van der Waals surface area contributed by atoms with E-state index in [2.05, 4.69) is 16.0 Å². The number of likely N-dealkylation sites (tertiary alicyclic amines) is 2. The van der Waals surface area contributed by atoms with Crippen molar-refractivity contribution < 1.29 is 42.6 Å². The number of rotatable bonds is 17. The number of carbonyl (C=O) groups excluding carboxylic acids is 6. The molecular formula is C35H54N5O9P. The summed E-state index contributed by atoms with van der Waals surface area (Å²) in [5, 5.41) is 8.10. The molecule has 2 unspecified atom stereocenters. The predicted octanol–water partition coefficient (Wildman–Crippen LogP) is 3.63.